The fourth-order valence-electron chi connectivity index (χ4n) is 2.04. The first kappa shape index (κ1) is 12.1. The molecule has 84 valence electrons. The minimum absolute atomic E-state index is 0.0364. The molecule has 0 amide bonds. The first-order chi connectivity index (χ1) is 7.03. The Morgan fingerprint density at radius 1 is 1.60 bits per heavy atom. The molecule has 2 atom stereocenters. The Kier molecular flexibility index (Phi) is 3.61. The Balaban J connectivity index is 2.27. The van der Waals surface area contributed by atoms with E-state index in [4.69, 9.17) is 4.74 Å². The minimum Gasteiger partial charge on any atom is -0.374 e. The van der Waals surface area contributed by atoms with Crippen molar-refractivity contribution in [2.75, 3.05) is 6.61 Å². The van der Waals surface area contributed by atoms with Crippen LogP contribution in [-0.2, 0) is 4.74 Å². The molecule has 0 radical (unpaired) electrons. The van der Waals surface area contributed by atoms with Crippen LogP contribution in [0.3, 0.4) is 0 Å². The summed E-state index contributed by atoms with van der Waals surface area (Å²) < 4.78 is 7.06. The van der Waals surface area contributed by atoms with Crippen molar-refractivity contribution in [2.45, 2.75) is 37.1 Å². The van der Waals surface area contributed by atoms with E-state index in [0.29, 0.717) is 4.83 Å². The van der Waals surface area contributed by atoms with Crippen molar-refractivity contribution < 1.29 is 4.74 Å². The number of aryl methyl sites for hydroxylation is 1. The lowest BCUT2D eigenvalue weighted by Gasteiger charge is -2.29. The highest BCUT2D eigenvalue weighted by atomic mass is 79.9. The molecular formula is C11H14Br2OS. The molecule has 15 heavy (non-hydrogen) atoms. The van der Waals surface area contributed by atoms with Gasteiger partial charge in [-0.15, -0.1) is 11.3 Å². The first-order valence-electron chi connectivity index (χ1n) is 5.07. The van der Waals surface area contributed by atoms with Crippen molar-refractivity contribution in [3.63, 3.8) is 0 Å². The van der Waals surface area contributed by atoms with Gasteiger partial charge in [-0.3, -0.25) is 0 Å². The van der Waals surface area contributed by atoms with E-state index in [-0.39, 0.29) is 5.60 Å². The highest BCUT2D eigenvalue weighted by Gasteiger charge is 2.38. The zero-order chi connectivity index (χ0) is 11.1. The number of alkyl halides is 1. The molecule has 2 heterocycles. The van der Waals surface area contributed by atoms with E-state index in [1.807, 2.05) is 0 Å². The second-order valence-electron chi connectivity index (χ2n) is 4.19. The number of ether oxygens (including phenoxy) is 1. The van der Waals surface area contributed by atoms with Gasteiger partial charge < -0.3 is 4.74 Å². The summed E-state index contributed by atoms with van der Waals surface area (Å²) in [5, 5.41) is 0. The van der Waals surface area contributed by atoms with Crippen LogP contribution in [0.2, 0.25) is 0 Å². The molecule has 0 saturated carbocycles. The lowest BCUT2D eigenvalue weighted by Crippen LogP contribution is -2.28. The standard InChI is InChI=1S/C11H14Br2OS/c1-7-8(6-9(12)15-7)10(13)11(2)4-3-5-14-11/h6,10H,3-5H2,1-2H3. The lowest BCUT2D eigenvalue weighted by molar-refractivity contribution is 0.0197. The third-order valence-electron chi connectivity index (χ3n) is 2.98. The molecule has 0 N–H and O–H groups in total. The summed E-state index contributed by atoms with van der Waals surface area (Å²) in [7, 11) is 0. The summed E-state index contributed by atoms with van der Waals surface area (Å²) in [4.78, 5) is 1.66. The van der Waals surface area contributed by atoms with Crippen LogP contribution in [0.5, 0.6) is 0 Å². The van der Waals surface area contributed by atoms with Crippen LogP contribution in [0.15, 0.2) is 9.85 Å². The smallest absolute Gasteiger partial charge is 0.0820 e. The Labute approximate surface area is 111 Å². The van der Waals surface area contributed by atoms with Crippen molar-refractivity contribution >= 4 is 43.2 Å². The minimum atomic E-state index is -0.0364. The van der Waals surface area contributed by atoms with Crippen LogP contribution in [0.25, 0.3) is 0 Å². The summed E-state index contributed by atoms with van der Waals surface area (Å²) in [5.74, 6) is 0. The van der Waals surface area contributed by atoms with E-state index >= 15 is 0 Å². The molecule has 1 aliphatic rings. The van der Waals surface area contributed by atoms with Crippen molar-refractivity contribution in [2.24, 2.45) is 0 Å². The molecule has 2 rings (SSSR count). The van der Waals surface area contributed by atoms with E-state index in [2.05, 4.69) is 51.8 Å². The topological polar surface area (TPSA) is 9.23 Å². The van der Waals surface area contributed by atoms with Gasteiger partial charge in [-0.1, -0.05) is 15.9 Å². The number of hydrogen-bond donors (Lipinski definition) is 0. The monoisotopic (exact) mass is 352 g/mol. The molecule has 1 aromatic heterocycles. The zero-order valence-electron chi connectivity index (χ0n) is 8.85. The quantitative estimate of drug-likeness (QED) is 0.692. The van der Waals surface area contributed by atoms with E-state index < -0.39 is 0 Å². The van der Waals surface area contributed by atoms with E-state index in [0.717, 1.165) is 13.0 Å². The Morgan fingerprint density at radius 3 is 2.80 bits per heavy atom. The fraction of sp³-hybridized carbons (Fsp3) is 0.636. The Bertz CT molecular complexity index is 355. The SMILES string of the molecule is Cc1sc(Br)cc1C(Br)C1(C)CCCO1. The fourth-order valence-corrected chi connectivity index (χ4v) is 4.78. The summed E-state index contributed by atoms with van der Waals surface area (Å²) in [6.45, 7) is 5.25. The molecule has 1 aromatic rings. The molecule has 4 heteroatoms. The molecule has 0 bridgehead atoms. The van der Waals surface area contributed by atoms with Gasteiger partial charge in [0.25, 0.3) is 0 Å². The maximum Gasteiger partial charge on any atom is 0.0820 e. The van der Waals surface area contributed by atoms with E-state index in [9.17, 15) is 0 Å². The summed E-state index contributed by atoms with van der Waals surface area (Å²) in [6, 6.07) is 2.20. The van der Waals surface area contributed by atoms with Gasteiger partial charge in [0.05, 0.1) is 14.2 Å². The number of thiophene rings is 1. The average molecular weight is 354 g/mol. The Morgan fingerprint density at radius 2 is 2.33 bits per heavy atom. The van der Waals surface area contributed by atoms with E-state index in [1.165, 1.54) is 20.6 Å². The second kappa shape index (κ2) is 4.47. The first-order valence-corrected chi connectivity index (χ1v) is 7.59. The maximum atomic E-state index is 5.86. The van der Waals surface area contributed by atoms with Crippen LogP contribution >= 0.6 is 43.2 Å². The van der Waals surface area contributed by atoms with Crippen LogP contribution < -0.4 is 0 Å². The van der Waals surface area contributed by atoms with Gasteiger partial charge in [-0.25, -0.2) is 0 Å². The van der Waals surface area contributed by atoms with Gasteiger partial charge in [0, 0.05) is 11.5 Å². The summed E-state index contributed by atoms with van der Waals surface area (Å²) in [5.41, 5.74) is 1.32. The van der Waals surface area contributed by atoms with Crippen molar-refractivity contribution in [1.29, 1.82) is 0 Å². The summed E-state index contributed by atoms with van der Waals surface area (Å²) >= 11 is 9.11. The number of rotatable bonds is 2. The third kappa shape index (κ3) is 2.33. The normalized spacial score (nSPS) is 28.3. The molecule has 0 spiro atoms. The number of hydrogen-bond acceptors (Lipinski definition) is 2. The molecule has 0 aromatic carbocycles. The van der Waals surface area contributed by atoms with Crippen molar-refractivity contribution in [3.05, 3.63) is 20.3 Å². The highest BCUT2D eigenvalue weighted by molar-refractivity contribution is 9.11. The molecule has 0 aliphatic carbocycles. The number of halogens is 2. The Hall–Kier alpha value is 0.620. The van der Waals surface area contributed by atoms with Gasteiger partial charge in [-0.2, -0.15) is 0 Å². The molecule has 1 aliphatic heterocycles. The van der Waals surface area contributed by atoms with Gasteiger partial charge in [0.1, 0.15) is 0 Å². The predicted molar refractivity (Wildman–Crippen MR) is 72.0 cm³/mol. The van der Waals surface area contributed by atoms with Gasteiger partial charge in [0.15, 0.2) is 0 Å². The average Bonchev–Trinajstić information content (AvgIpc) is 2.73. The highest BCUT2D eigenvalue weighted by Crippen LogP contribution is 2.46. The molecule has 1 saturated heterocycles. The van der Waals surface area contributed by atoms with Gasteiger partial charge in [-0.05, 0) is 54.2 Å². The molecule has 1 nitrogen and oxygen atoms in total. The summed E-state index contributed by atoms with van der Waals surface area (Å²) in [6.07, 6.45) is 2.30. The van der Waals surface area contributed by atoms with Crippen LogP contribution in [0.4, 0.5) is 0 Å². The maximum absolute atomic E-state index is 5.86. The molecule has 2 unspecified atom stereocenters. The van der Waals surface area contributed by atoms with Crippen molar-refractivity contribution in [1.82, 2.24) is 0 Å². The van der Waals surface area contributed by atoms with Gasteiger partial charge in [0.2, 0.25) is 0 Å². The molecular weight excluding hydrogens is 340 g/mol. The van der Waals surface area contributed by atoms with Crippen molar-refractivity contribution in [3.8, 4) is 0 Å². The van der Waals surface area contributed by atoms with Crippen LogP contribution in [0.1, 0.15) is 35.0 Å². The largest absolute Gasteiger partial charge is 0.374 e. The second-order valence-corrected chi connectivity index (χ2v) is 7.74. The predicted octanol–water partition coefficient (Wildman–Crippen LogP) is 4.82. The lowest BCUT2D eigenvalue weighted by atomic mass is 9.94. The van der Waals surface area contributed by atoms with E-state index in [1.54, 1.807) is 11.3 Å². The van der Waals surface area contributed by atoms with Crippen LogP contribution in [-0.4, -0.2) is 12.2 Å². The zero-order valence-corrected chi connectivity index (χ0v) is 12.8. The molecule has 1 fully saturated rings. The third-order valence-corrected chi connectivity index (χ3v) is 6.02. The van der Waals surface area contributed by atoms with Crippen LogP contribution in [0, 0.1) is 6.92 Å². The van der Waals surface area contributed by atoms with Gasteiger partial charge >= 0.3 is 0 Å².